The molecular formula is C13H9N5OS. The van der Waals surface area contributed by atoms with E-state index in [2.05, 4.69) is 25.3 Å². The number of anilines is 1. The van der Waals surface area contributed by atoms with Crippen molar-refractivity contribution in [2.75, 3.05) is 5.32 Å². The number of nitrogens with zero attached hydrogens (tertiary/aromatic N) is 4. The van der Waals surface area contributed by atoms with Crippen LogP contribution in [0.1, 0.15) is 10.5 Å². The maximum atomic E-state index is 11.8. The number of carbonyl (C=O) groups excluding carboxylic acids is 1. The van der Waals surface area contributed by atoms with Crippen molar-refractivity contribution in [1.82, 2.24) is 19.9 Å². The highest BCUT2D eigenvalue weighted by molar-refractivity contribution is 7.07. The van der Waals surface area contributed by atoms with E-state index in [-0.39, 0.29) is 5.91 Å². The lowest BCUT2D eigenvalue weighted by atomic mass is 10.1. The standard InChI is InChI=1S/C13H9N5OS/c19-13(11-6-20-8-17-11)18-12-2-1-9(5-16-12)10-3-14-7-15-4-10/h1-8H,(H,16,18,19). The van der Waals surface area contributed by atoms with Gasteiger partial charge in [0.15, 0.2) is 0 Å². The molecule has 0 atom stereocenters. The first-order chi connectivity index (χ1) is 9.83. The van der Waals surface area contributed by atoms with Crippen molar-refractivity contribution in [2.24, 2.45) is 0 Å². The molecule has 1 N–H and O–H groups in total. The number of aromatic nitrogens is 4. The smallest absolute Gasteiger partial charge is 0.276 e. The Bertz CT molecular complexity index is 697. The quantitative estimate of drug-likeness (QED) is 0.797. The zero-order valence-electron chi connectivity index (χ0n) is 10.2. The Balaban J connectivity index is 1.75. The van der Waals surface area contributed by atoms with Gasteiger partial charge < -0.3 is 5.32 Å². The summed E-state index contributed by atoms with van der Waals surface area (Å²) in [4.78, 5) is 27.8. The predicted octanol–water partition coefficient (Wildman–Crippen LogP) is 2.25. The minimum absolute atomic E-state index is 0.269. The van der Waals surface area contributed by atoms with Crippen LogP contribution in [-0.4, -0.2) is 25.8 Å². The van der Waals surface area contributed by atoms with Crippen LogP contribution in [0.2, 0.25) is 0 Å². The van der Waals surface area contributed by atoms with Gasteiger partial charge in [-0.25, -0.2) is 19.9 Å². The maximum absolute atomic E-state index is 11.8. The molecule has 0 aliphatic heterocycles. The highest BCUT2D eigenvalue weighted by atomic mass is 32.1. The topological polar surface area (TPSA) is 80.7 Å². The van der Waals surface area contributed by atoms with Crippen molar-refractivity contribution in [2.45, 2.75) is 0 Å². The minimum Gasteiger partial charge on any atom is -0.305 e. The zero-order chi connectivity index (χ0) is 13.8. The van der Waals surface area contributed by atoms with E-state index in [1.807, 2.05) is 6.07 Å². The molecule has 3 aromatic rings. The number of rotatable bonds is 3. The molecule has 7 heteroatoms. The van der Waals surface area contributed by atoms with Gasteiger partial charge >= 0.3 is 0 Å². The number of pyridine rings is 1. The van der Waals surface area contributed by atoms with E-state index in [0.29, 0.717) is 11.5 Å². The van der Waals surface area contributed by atoms with Crippen LogP contribution >= 0.6 is 11.3 Å². The molecule has 3 aromatic heterocycles. The largest absolute Gasteiger partial charge is 0.305 e. The van der Waals surface area contributed by atoms with Crippen LogP contribution in [-0.2, 0) is 0 Å². The van der Waals surface area contributed by atoms with E-state index in [9.17, 15) is 4.79 Å². The Kier molecular flexibility index (Phi) is 3.42. The van der Waals surface area contributed by atoms with E-state index >= 15 is 0 Å². The molecule has 6 nitrogen and oxygen atoms in total. The SMILES string of the molecule is O=C(Nc1ccc(-c2cncnc2)cn1)c1cscn1. The van der Waals surface area contributed by atoms with Gasteiger partial charge in [0.2, 0.25) is 0 Å². The van der Waals surface area contributed by atoms with E-state index in [0.717, 1.165) is 11.1 Å². The summed E-state index contributed by atoms with van der Waals surface area (Å²) in [6, 6.07) is 3.58. The van der Waals surface area contributed by atoms with Crippen molar-refractivity contribution in [3.05, 3.63) is 53.6 Å². The number of hydrogen-bond donors (Lipinski definition) is 1. The summed E-state index contributed by atoms with van der Waals surface area (Å²) in [7, 11) is 0. The molecule has 0 radical (unpaired) electrons. The second kappa shape index (κ2) is 5.54. The van der Waals surface area contributed by atoms with Crippen LogP contribution in [0.4, 0.5) is 5.82 Å². The third-order valence-corrected chi connectivity index (χ3v) is 3.15. The summed E-state index contributed by atoms with van der Waals surface area (Å²) >= 11 is 1.37. The second-order valence-electron chi connectivity index (χ2n) is 3.89. The molecule has 0 saturated heterocycles. The summed E-state index contributed by atoms with van der Waals surface area (Å²) in [5, 5.41) is 4.37. The molecule has 0 spiro atoms. The fourth-order valence-corrected chi connectivity index (χ4v) is 2.12. The summed E-state index contributed by atoms with van der Waals surface area (Å²) in [5.41, 5.74) is 3.76. The second-order valence-corrected chi connectivity index (χ2v) is 4.61. The molecule has 0 aliphatic rings. The van der Waals surface area contributed by atoms with Crippen LogP contribution in [0.3, 0.4) is 0 Å². The van der Waals surface area contributed by atoms with E-state index in [4.69, 9.17) is 0 Å². The zero-order valence-corrected chi connectivity index (χ0v) is 11.0. The number of thiazole rings is 1. The Hall–Kier alpha value is -2.67. The molecule has 1 amide bonds. The molecule has 98 valence electrons. The van der Waals surface area contributed by atoms with Crippen LogP contribution in [0.15, 0.2) is 47.9 Å². The van der Waals surface area contributed by atoms with Crippen molar-refractivity contribution < 1.29 is 4.79 Å². The van der Waals surface area contributed by atoms with Crippen LogP contribution in [0.25, 0.3) is 11.1 Å². The van der Waals surface area contributed by atoms with Crippen molar-refractivity contribution in [1.29, 1.82) is 0 Å². The van der Waals surface area contributed by atoms with Gasteiger partial charge in [0.05, 0.1) is 5.51 Å². The highest BCUT2D eigenvalue weighted by Gasteiger charge is 2.08. The van der Waals surface area contributed by atoms with Gasteiger partial charge in [0.1, 0.15) is 17.8 Å². The Morgan fingerprint density at radius 1 is 1.05 bits per heavy atom. The van der Waals surface area contributed by atoms with Gasteiger partial charge in [-0.15, -0.1) is 11.3 Å². The average molecular weight is 283 g/mol. The lowest BCUT2D eigenvalue weighted by molar-refractivity contribution is 0.102. The minimum atomic E-state index is -0.269. The van der Waals surface area contributed by atoms with Crippen molar-refractivity contribution >= 4 is 23.1 Å². The van der Waals surface area contributed by atoms with Gasteiger partial charge in [0, 0.05) is 35.1 Å². The van der Waals surface area contributed by atoms with Gasteiger partial charge in [-0.1, -0.05) is 0 Å². The van der Waals surface area contributed by atoms with Gasteiger partial charge in [-0.05, 0) is 12.1 Å². The highest BCUT2D eigenvalue weighted by Crippen LogP contribution is 2.17. The average Bonchev–Trinajstić information content (AvgIpc) is 3.03. The van der Waals surface area contributed by atoms with Crippen LogP contribution < -0.4 is 5.32 Å². The third kappa shape index (κ3) is 2.67. The van der Waals surface area contributed by atoms with Gasteiger partial charge in [-0.2, -0.15) is 0 Å². The summed E-state index contributed by atoms with van der Waals surface area (Å²) in [6.45, 7) is 0. The molecule has 0 aliphatic carbocycles. The number of hydrogen-bond acceptors (Lipinski definition) is 6. The summed E-state index contributed by atoms with van der Waals surface area (Å²) in [6.07, 6.45) is 6.55. The molecule has 3 rings (SSSR count). The summed E-state index contributed by atoms with van der Waals surface area (Å²) in [5.74, 6) is 0.207. The molecule has 0 unspecified atom stereocenters. The molecule has 3 heterocycles. The Morgan fingerprint density at radius 2 is 1.90 bits per heavy atom. The number of amides is 1. The van der Waals surface area contributed by atoms with Gasteiger partial charge in [-0.3, -0.25) is 4.79 Å². The van der Waals surface area contributed by atoms with Crippen LogP contribution in [0.5, 0.6) is 0 Å². The van der Waals surface area contributed by atoms with Crippen molar-refractivity contribution in [3.8, 4) is 11.1 Å². The number of nitrogens with one attached hydrogen (secondary N) is 1. The molecule has 0 saturated carbocycles. The fourth-order valence-electron chi connectivity index (χ4n) is 1.59. The van der Waals surface area contributed by atoms with Crippen molar-refractivity contribution in [3.63, 3.8) is 0 Å². The molecule has 0 fully saturated rings. The monoisotopic (exact) mass is 283 g/mol. The lowest BCUT2D eigenvalue weighted by Gasteiger charge is -2.04. The lowest BCUT2D eigenvalue weighted by Crippen LogP contribution is -2.13. The van der Waals surface area contributed by atoms with E-state index in [1.165, 1.54) is 17.7 Å². The Labute approximate surface area is 118 Å². The molecule has 0 aromatic carbocycles. The Morgan fingerprint density at radius 3 is 2.55 bits per heavy atom. The van der Waals surface area contributed by atoms with E-state index in [1.54, 1.807) is 35.5 Å². The first-order valence-corrected chi connectivity index (χ1v) is 6.68. The molecular weight excluding hydrogens is 274 g/mol. The van der Waals surface area contributed by atoms with E-state index < -0.39 is 0 Å². The predicted molar refractivity (Wildman–Crippen MR) is 75.3 cm³/mol. The molecule has 0 bridgehead atoms. The number of carbonyl (C=O) groups is 1. The fraction of sp³-hybridized carbons (Fsp3) is 0. The summed E-state index contributed by atoms with van der Waals surface area (Å²) < 4.78 is 0. The first-order valence-electron chi connectivity index (χ1n) is 5.74. The van der Waals surface area contributed by atoms with Crippen LogP contribution in [0, 0.1) is 0 Å². The normalized spacial score (nSPS) is 10.2. The first kappa shape index (κ1) is 12.4. The molecule has 20 heavy (non-hydrogen) atoms. The van der Waals surface area contributed by atoms with Gasteiger partial charge in [0.25, 0.3) is 5.91 Å². The third-order valence-electron chi connectivity index (χ3n) is 2.56. The maximum Gasteiger partial charge on any atom is 0.276 e.